The molecule has 0 spiro atoms. The van der Waals surface area contributed by atoms with Crippen LogP contribution in [0.4, 0.5) is 0 Å². The Balaban J connectivity index is 2.01. The van der Waals surface area contributed by atoms with Crippen molar-refractivity contribution < 1.29 is 9.59 Å². The fourth-order valence-electron chi connectivity index (χ4n) is 2.89. The third-order valence-corrected chi connectivity index (χ3v) is 4.38. The number of carbonyl (C=O) groups is 2. The molecule has 1 aliphatic rings. The van der Waals surface area contributed by atoms with Crippen molar-refractivity contribution in [2.75, 3.05) is 40.3 Å². The normalized spacial score (nSPS) is 15.5. The molecule has 24 heavy (non-hydrogen) atoms. The van der Waals surface area contributed by atoms with Crippen LogP contribution in [-0.2, 0) is 16.1 Å². The lowest BCUT2D eigenvalue weighted by molar-refractivity contribution is -0.140. The minimum Gasteiger partial charge on any atom is -0.336 e. The van der Waals surface area contributed by atoms with E-state index in [0.717, 1.165) is 31.4 Å². The molecule has 132 valence electrons. The summed E-state index contributed by atoms with van der Waals surface area (Å²) in [5.74, 6) is 0.157. The summed E-state index contributed by atoms with van der Waals surface area (Å²) in [6.07, 6.45) is 3.59. The van der Waals surface area contributed by atoms with Gasteiger partial charge in [-0.05, 0) is 32.5 Å². The molecule has 1 aliphatic heterocycles. The first kappa shape index (κ1) is 18.5. The maximum atomic E-state index is 12.8. The van der Waals surface area contributed by atoms with Crippen molar-refractivity contribution in [2.45, 2.75) is 32.2 Å². The highest BCUT2D eigenvalue weighted by molar-refractivity contribution is 5.85. The van der Waals surface area contributed by atoms with Crippen LogP contribution in [0.15, 0.2) is 30.3 Å². The Kier molecular flexibility index (Phi) is 7.25. The highest BCUT2D eigenvalue weighted by atomic mass is 16.2. The third-order valence-electron chi connectivity index (χ3n) is 4.38. The molecule has 0 saturated carbocycles. The standard InChI is InChI=1S/C19H29N3O2/c1-20(2)13-14-22(15-17-9-5-3-6-10-17)19(24)16-21-12-8-4-7-11-18(21)23/h3,5-6,9-10H,4,7-8,11-16H2,1-2H3. The molecule has 0 unspecified atom stereocenters. The lowest BCUT2D eigenvalue weighted by Crippen LogP contribution is -2.44. The van der Waals surface area contributed by atoms with E-state index >= 15 is 0 Å². The average Bonchev–Trinajstić information content (AvgIpc) is 2.77. The molecule has 0 radical (unpaired) electrons. The summed E-state index contributed by atoms with van der Waals surface area (Å²) in [5, 5.41) is 0. The molecule has 1 fully saturated rings. The Morgan fingerprint density at radius 2 is 1.83 bits per heavy atom. The van der Waals surface area contributed by atoms with Gasteiger partial charge in [0.25, 0.3) is 0 Å². The van der Waals surface area contributed by atoms with Crippen molar-refractivity contribution in [3.63, 3.8) is 0 Å². The van der Waals surface area contributed by atoms with Crippen molar-refractivity contribution >= 4 is 11.8 Å². The number of likely N-dealkylation sites (N-methyl/N-ethyl adjacent to an activating group) is 1. The second-order valence-electron chi connectivity index (χ2n) is 6.73. The zero-order chi connectivity index (χ0) is 17.4. The molecule has 5 heteroatoms. The van der Waals surface area contributed by atoms with Crippen molar-refractivity contribution in [3.8, 4) is 0 Å². The van der Waals surface area contributed by atoms with E-state index in [0.29, 0.717) is 26.1 Å². The number of rotatable bonds is 7. The number of amides is 2. The Labute approximate surface area is 145 Å². The van der Waals surface area contributed by atoms with Gasteiger partial charge in [-0.2, -0.15) is 0 Å². The summed E-state index contributed by atoms with van der Waals surface area (Å²) >= 11 is 0. The van der Waals surface area contributed by atoms with E-state index < -0.39 is 0 Å². The smallest absolute Gasteiger partial charge is 0.242 e. The molecule has 0 N–H and O–H groups in total. The Morgan fingerprint density at radius 3 is 2.54 bits per heavy atom. The van der Waals surface area contributed by atoms with Gasteiger partial charge in [-0.15, -0.1) is 0 Å². The first-order valence-electron chi connectivity index (χ1n) is 8.80. The quantitative estimate of drug-likeness (QED) is 0.767. The molecular formula is C19H29N3O2. The number of likely N-dealkylation sites (tertiary alicyclic amines) is 1. The molecule has 0 aromatic heterocycles. The second-order valence-corrected chi connectivity index (χ2v) is 6.73. The Bertz CT molecular complexity index is 531. The van der Waals surface area contributed by atoms with E-state index in [9.17, 15) is 9.59 Å². The SMILES string of the molecule is CN(C)CCN(Cc1ccccc1)C(=O)CN1CCCCCC1=O. The van der Waals surface area contributed by atoms with Gasteiger partial charge in [0.15, 0.2) is 0 Å². The summed E-state index contributed by atoms with van der Waals surface area (Å²) in [4.78, 5) is 30.6. The number of benzene rings is 1. The van der Waals surface area contributed by atoms with Gasteiger partial charge in [0, 0.05) is 32.6 Å². The highest BCUT2D eigenvalue weighted by Crippen LogP contribution is 2.12. The van der Waals surface area contributed by atoms with E-state index in [2.05, 4.69) is 4.90 Å². The average molecular weight is 331 g/mol. The molecule has 0 bridgehead atoms. The first-order chi connectivity index (χ1) is 11.6. The van der Waals surface area contributed by atoms with Crippen LogP contribution in [0.1, 0.15) is 31.2 Å². The summed E-state index contributed by atoms with van der Waals surface area (Å²) in [6.45, 7) is 2.99. The molecule has 1 aromatic rings. The van der Waals surface area contributed by atoms with Crippen LogP contribution in [0.3, 0.4) is 0 Å². The van der Waals surface area contributed by atoms with E-state index in [1.54, 1.807) is 4.90 Å². The highest BCUT2D eigenvalue weighted by Gasteiger charge is 2.22. The van der Waals surface area contributed by atoms with Crippen LogP contribution in [0.5, 0.6) is 0 Å². The first-order valence-corrected chi connectivity index (χ1v) is 8.80. The van der Waals surface area contributed by atoms with Crippen LogP contribution in [-0.4, -0.2) is 66.8 Å². The largest absolute Gasteiger partial charge is 0.336 e. The summed E-state index contributed by atoms with van der Waals surface area (Å²) in [5.41, 5.74) is 1.12. The Hall–Kier alpha value is -1.88. The van der Waals surface area contributed by atoms with Crippen LogP contribution in [0.25, 0.3) is 0 Å². The Morgan fingerprint density at radius 1 is 1.08 bits per heavy atom. The van der Waals surface area contributed by atoms with Crippen LogP contribution in [0, 0.1) is 0 Å². The number of carbonyl (C=O) groups excluding carboxylic acids is 2. The van der Waals surface area contributed by atoms with Crippen molar-refractivity contribution in [1.29, 1.82) is 0 Å². The van der Waals surface area contributed by atoms with E-state index in [1.807, 2.05) is 49.3 Å². The topological polar surface area (TPSA) is 43.9 Å². The number of hydrogen-bond donors (Lipinski definition) is 0. The van der Waals surface area contributed by atoms with Gasteiger partial charge in [-0.1, -0.05) is 36.8 Å². The van der Waals surface area contributed by atoms with Gasteiger partial charge in [0.05, 0.1) is 6.54 Å². The number of hydrogen-bond acceptors (Lipinski definition) is 3. The minimum absolute atomic E-state index is 0.0379. The minimum atomic E-state index is 0.0379. The van der Waals surface area contributed by atoms with Gasteiger partial charge in [0.1, 0.15) is 0 Å². The van der Waals surface area contributed by atoms with Crippen molar-refractivity contribution in [3.05, 3.63) is 35.9 Å². The van der Waals surface area contributed by atoms with E-state index in [4.69, 9.17) is 0 Å². The van der Waals surface area contributed by atoms with Crippen LogP contribution < -0.4 is 0 Å². The molecule has 1 heterocycles. The van der Waals surface area contributed by atoms with E-state index in [-0.39, 0.29) is 18.4 Å². The van der Waals surface area contributed by atoms with Gasteiger partial charge in [-0.3, -0.25) is 9.59 Å². The lowest BCUT2D eigenvalue weighted by atomic mass is 10.2. The zero-order valence-electron chi connectivity index (χ0n) is 14.9. The number of nitrogens with zero attached hydrogens (tertiary/aromatic N) is 3. The van der Waals surface area contributed by atoms with Crippen LogP contribution >= 0.6 is 0 Å². The summed E-state index contributed by atoms with van der Waals surface area (Å²) in [7, 11) is 4.01. The van der Waals surface area contributed by atoms with Gasteiger partial charge in [-0.25, -0.2) is 0 Å². The maximum Gasteiger partial charge on any atom is 0.242 e. The molecule has 0 aliphatic carbocycles. The summed E-state index contributed by atoms with van der Waals surface area (Å²) < 4.78 is 0. The fraction of sp³-hybridized carbons (Fsp3) is 0.579. The van der Waals surface area contributed by atoms with Crippen molar-refractivity contribution in [2.24, 2.45) is 0 Å². The fourth-order valence-corrected chi connectivity index (χ4v) is 2.89. The molecule has 1 saturated heterocycles. The molecule has 1 aromatic carbocycles. The van der Waals surface area contributed by atoms with Gasteiger partial charge < -0.3 is 14.7 Å². The zero-order valence-corrected chi connectivity index (χ0v) is 14.9. The third kappa shape index (κ3) is 5.96. The predicted molar refractivity (Wildman–Crippen MR) is 95.5 cm³/mol. The predicted octanol–water partition coefficient (Wildman–Crippen LogP) is 1.98. The summed E-state index contributed by atoms with van der Waals surface area (Å²) in [6, 6.07) is 10.0. The van der Waals surface area contributed by atoms with Crippen molar-refractivity contribution in [1.82, 2.24) is 14.7 Å². The van der Waals surface area contributed by atoms with Gasteiger partial charge >= 0.3 is 0 Å². The monoisotopic (exact) mass is 331 g/mol. The molecule has 5 nitrogen and oxygen atoms in total. The molecular weight excluding hydrogens is 302 g/mol. The molecule has 2 rings (SSSR count). The van der Waals surface area contributed by atoms with Gasteiger partial charge in [0.2, 0.25) is 11.8 Å². The second kappa shape index (κ2) is 9.42. The lowest BCUT2D eigenvalue weighted by Gasteiger charge is -2.28. The maximum absolute atomic E-state index is 12.8. The molecule has 2 amide bonds. The van der Waals surface area contributed by atoms with E-state index in [1.165, 1.54) is 0 Å². The molecule has 0 atom stereocenters. The van der Waals surface area contributed by atoms with Crippen LogP contribution in [0.2, 0.25) is 0 Å².